The van der Waals surface area contributed by atoms with Crippen LogP contribution in [0.1, 0.15) is 50.3 Å². The van der Waals surface area contributed by atoms with E-state index >= 15 is 0 Å². The Hall–Kier alpha value is -2.24. The Morgan fingerprint density at radius 1 is 1.12 bits per heavy atom. The highest BCUT2D eigenvalue weighted by molar-refractivity contribution is 5.80. The van der Waals surface area contributed by atoms with Crippen LogP contribution in [0.5, 0.6) is 0 Å². The molecule has 1 saturated heterocycles. The number of benzene rings is 1. The summed E-state index contributed by atoms with van der Waals surface area (Å²) in [4.78, 5) is 18.8. The van der Waals surface area contributed by atoms with Crippen molar-refractivity contribution in [3.63, 3.8) is 0 Å². The summed E-state index contributed by atoms with van der Waals surface area (Å²) in [5, 5.41) is 4.05. The van der Waals surface area contributed by atoms with Crippen LogP contribution in [0.4, 0.5) is 4.39 Å². The summed E-state index contributed by atoms with van der Waals surface area (Å²) < 4.78 is 18.3. The smallest absolute Gasteiger partial charge is 0.257 e. The largest absolute Gasteiger partial charge is 0.339 e. The summed E-state index contributed by atoms with van der Waals surface area (Å²) in [5.74, 6) is 0.815. The molecule has 1 aromatic heterocycles. The second kappa shape index (κ2) is 6.34. The van der Waals surface area contributed by atoms with E-state index in [2.05, 4.69) is 10.1 Å². The number of halogens is 1. The highest BCUT2D eigenvalue weighted by atomic mass is 19.1. The number of likely N-dealkylation sites (tertiary alicyclic amines) is 1. The SMILES string of the molecule is O=C1C[C@@H](c2noc(-c3ccc(F)cc3)n2)CN1C1CCCCC1. The fraction of sp³-hybridized carbons (Fsp3) is 0.500. The molecule has 5 nitrogen and oxygen atoms in total. The number of hydrogen-bond donors (Lipinski definition) is 0. The minimum Gasteiger partial charge on any atom is -0.339 e. The van der Waals surface area contributed by atoms with E-state index in [0.29, 0.717) is 36.3 Å². The third-order valence-electron chi connectivity index (χ3n) is 5.07. The van der Waals surface area contributed by atoms with Gasteiger partial charge in [0.25, 0.3) is 5.89 Å². The molecule has 0 N–H and O–H groups in total. The number of carbonyl (C=O) groups is 1. The minimum atomic E-state index is -0.303. The number of rotatable bonds is 3. The van der Waals surface area contributed by atoms with E-state index in [1.165, 1.54) is 31.4 Å². The number of nitrogens with zero attached hydrogens (tertiary/aromatic N) is 3. The van der Waals surface area contributed by atoms with E-state index < -0.39 is 0 Å². The Kier molecular flexibility index (Phi) is 4.04. The lowest BCUT2D eigenvalue weighted by atomic mass is 9.94. The zero-order valence-corrected chi connectivity index (χ0v) is 13.4. The topological polar surface area (TPSA) is 59.2 Å². The van der Waals surface area contributed by atoms with Gasteiger partial charge in [-0.3, -0.25) is 4.79 Å². The summed E-state index contributed by atoms with van der Waals surface area (Å²) in [6.45, 7) is 0.673. The molecule has 0 radical (unpaired) electrons. The molecule has 1 atom stereocenters. The lowest BCUT2D eigenvalue weighted by Crippen LogP contribution is -2.37. The Balaban J connectivity index is 1.48. The highest BCUT2D eigenvalue weighted by Gasteiger charge is 2.37. The van der Waals surface area contributed by atoms with Crippen LogP contribution in [-0.2, 0) is 4.79 Å². The van der Waals surface area contributed by atoms with E-state index in [1.54, 1.807) is 12.1 Å². The zero-order valence-electron chi connectivity index (χ0n) is 13.4. The van der Waals surface area contributed by atoms with Crippen molar-refractivity contribution < 1.29 is 13.7 Å². The quantitative estimate of drug-likeness (QED) is 0.864. The number of amides is 1. The maximum Gasteiger partial charge on any atom is 0.257 e. The maximum absolute atomic E-state index is 13.0. The average Bonchev–Trinajstić information content (AvgIpc) is 3.23. The lowest BCUT2D eigenvalue weighted by molar-refractivity contribution is -0.130. The first-order valence-corrected chi connectivity index (χ1v) is 8.60. The molecule has 6 heteroatoms. The van der Waals surface area contributed by atoms with E-state index in [9.17, 15) is 9.18 Å². The number of carbonyl (C=O) groups excluding carboxylic acids is 1. The molecule has 2 fully saturated rings. The van der Waals surface area contributed by atoms with E-state index in [1.807, 2.05) is 4.90 Å². The molecule has 0 bridgehead atoms. The van der Waals surface area contributed by atoms with Gasteiger partial charge in [-0.15, -0.1) is 0 Å². The molecule has 1 aliphatic heterocycles. The molecule has 4 rings (SSSR count). The van der Waals surface area contributed by atoms with Crippen molar-refractivity contribution in [1.82, 2.24) is 15.0 Å². The summed E-state index contributed by atoms with van der Waals surface area (Å²) in [7, 11) is 0. The van der Waals surface area contributed by atoms with Gasteiger partial charge in [0.05, 0.1) is 0 Å². The fourth-order valence-electron chi connectivity index (χ4n) is 3.76. The lowest BCUT2D eigenvalue weighted by Gasteiger charge is -2.31. The van der Waals surface area contributed by atoms with Crippen molar-refractivity contribution in [1.29, 1.82) is 0 Å². The Morgan fingerprint density at radius 3 is 2.62 bits per heavy atom. The van der Waals surface area contributed by atoms with Crippen molar-refractivity contribution >= 4 is 5.91 Å². The molecular formula is C18H20FN3O2. The van der Waals surface area contributed by atoms with Gasteiger partial charge in [0.1, 0.15) is 5.82 Å². The second-order valence-electron chi connectivity index (χ2n) is 6.70. The Morgan fingerprint density at radius 2 is 1.88 bits per heavy atom. The number of aromatic nitrogens is 2. The molecule has 2 aliphatic rings. The van der Waals surface area contributed by atoms with Gasteiger partial charge in [-0.2, -0.15) is 4.98 Å². The van der Waals surface area contributed by atoms with Crippen LogP contribution in [0.25, 0.3) is 11.5 Å². The molecule has 2 heterocycles. The van der Waals surface area contributed by atoms with Crippen LogP contribution in [0.3, 0.4) is 0 Å². The average molecular weight is 329 g/mol. The molecule has 24 heavy (non-hydrogen) atoms. The van der Waals surface area contributed by atoms with Crippen LogP contribution in [-0.4, -0.2) is 33.5 Å². The maximum atomic E-state index is 13.0. The van der Waals surface area contributed by atoms with Gasteiger partial charge in [0.15, 0.2) is 5.82 Å². The first-order chi connectivity index (χ1) is 11.7. The van der Waals surface area contributed by atoms with Crippen molar-refractivity contribution in [2.24, 2.45) is 0 Å². The molecular weight excluding hydrogens is 309 g/mol. The van der Waals surface area contributed by atoms with Gasteiger partial charge in [-0.25, -0.2) is 4.39 Å². The van der Waals surface area contributed by atoms with Gasteiger partial charge in [0.2, 0.25) is 5.91 Å². The zero-order chi connectivity index (χ0) is 16.5. The normalized spacial score (nSPS) is 22.3. The van der Waals surface area contributed by atoms with Crippen molar-refractivity contribution in [2.75, 3.05) is 6.54 Å². The fourth-order valence-corrected chi connectivity index (χ4v) is 3.76. The minimum absolute atomic E-state index is 0.0163. The van der Waals surface area contributed by atoms with Crippen molar-refractivity contribution in [3.05, 3.63) is 35.9 Å². The molecule has 1 saturated carbocycles. The van der Waals surface area contributed by atoms with Crippen molar-refractivity contribution in [3.8, 4) is 11.5 Å². The van der Waals surface area contributed by atoms with E-state index in [0.717, 1.165) is 12.8 Å². The van der Waals surface area contributed by atoms with Gasteiger partial charge < -0.3 is 9.42 Å². The summed E-state index contributed by atoms with van der Waals surface area (Å²) in [6, 6.07) is 6.33. The summed E-state index contributed by atoms with van der Waals surface area (Å²) in [6.07, 6.45) is 6.33. The summed E-state index contributed by atoms with van der Waals surface area (Å²) in [5.41, 5.74) is 0.684. The molecule has 1 aromatic carbocycles. The highest BCUT2D eigenvalue weighted by Crippen LogP contribution is 2.33. The van der Waals surface area contributed by atoms with Gasteiger partial charge in [-0.1, -0.05) is 24.4 Å². The predicted molar refractivity (Wildman–Crippen MR) is 85.6 cm³/mol. The molecule has 126 valence electrons. The van der Waals surface area contributed by atoms with Crippen LogP contribution < -0.4 is 0 Å². The van der Waals surface area contributed by atoms with E-state index in [4.69, 9.17) is 4.52 Å². The van der Waals surface area contributed by atoms with Crippen LogP contribution >= 0.6 is 0 Å². The van der Waals surface area contributed by atoms with Gasteiger partial charge >= 0.3 is 0 Å². The molecule has 0 spiro atoms. The standard InChI is InChI=1S/C18H20FN3O2/c19-14-8-6-12(7-9-14)18-20-17(21-24-18)13-10-16(23)22(11-13)15-4-2-1-3-5-15/h6-9,13,15H,1-5,10-11H2/t13-/m1/s1. The molecule has 0 unspecified atom stereocenters. The first kappa shape index (κ1) is 15.3. The first-order valence-electron chi connectivity index (χ1n) is 8.60. The monoisotopic (exact) mass is 329 g/mol. The van der Waals surface area contributed by atoms with Gasteiger partial charge in [-0.05, 0) is 37.1 Å². The van der Waals surface area contributed by atoms with Crippen LogP contribution in [0, 0.1) is 5.82 Å². The Labute approximate surface area is 139 Å². The number of hydrogen-bond acceptors (Lipinski definition) is 4. The van der Waals surface area contributed by atoms with Gasteiger partial charge in [0, 0.05) is 30.5 Å². The van der Waals surface area contributed by atoms with E-state index in [-0.39, 0.29) is 17.6 Å². The van der Waals surface area contributed by atoms with Crippen LogP contribution in [0.2, 0.25) is 0 Å². The predicted octanol–water partition coefficient (Wildman–Crippen LogP) is 3.52. The second-order valence-corrected chi connectivity index (χ2v) is 6.70. The third kappa shape index (κ3) is 2.92. The molecule has 1 amide bonds. The molecule has 2 aromatic rings. The Bertz CT molecular complexity index is 722. The molecule has 1 aliphatic carbocycles. The third-order valence-corrected chi connectivity index (χ3v) is 5.07. The van der Waals surface area contributed by atoms with Crippen molar-refractivity contribution in [2.45, 2.75) is 50.5 Å². The summed E-state index contributed by atoms with van der Waals surface area (Å²) >= 11 is 0. The van der Waals surface area contributed by atoms with Crippen LogP contribution in [0.15, 0.2) is 28.8 Å².